The minimum atomic E-state index is -5.63. The molecule has 0 heterocycles. The van der Waals surface area contributed by atoms with Gasteiger partial charge in [0.25, 0.3) is 0 Å². The van der Waals surface area contributed by atoms with Gasteiger partial charge in [-0.1, -0.05) is 0 Å². The number of halogens is 2. The number of alkyl halides is 2. The second kappa shape index (κ2) is 2.45. The van der Waals surface area contributed by atoms with Gasteiger partial charge >= 0.3 is 44.4 Å². The van der Waals surface area contributed by atoms with Crippen molar-refractivity contribution in [2.75, 3.05) is 0 Å². The van der Waals surface area contributed by atoms with Crippen LogP contribution in [-0.2, 0) is 11.5 Å². The molecule has 0 saturated heterocycles. The molecule has 0 atom stereocenters. The van der Waals surface area contributed by atoms with Gasteiger partial charge in [0.1, 0.15) is 0 Å². The fraction of sp³-hybridized carbons (Fsp3) is 1.00. The molecule has 0 unspecified atom stereocenters. The zero-order valence-corrected chi connectivity index (χ0v) is 5.13. The fourth-order valence-corrected chi connectivity index (χ4v) is 0.478. The molecule has 0 aliphatic carbocycles. The molecule has 0 amide bonds. The minimum absolute atomic E-state index is 2.70. The van der Waals surface area contributed by atoms with Crippen molar-refractivity contribution in [3.63, 3.8) is 0 Å². The quantitative estimate of drug-likeness (QED) is 0.604. The average Bonchev–Trinajstić information content (AvgIpc) is 1.21. The van der Waals surface area contributed by atoms with Crippen LogP contribution in [0.5, 0.6) is 0 Å². The summed E-state index contributed by atoms with van der Waals surface area (Å²) in [7, 11) is 0. The standard InChI is InChI=1S/CH2F2O4Se/c2-1(3)7-8(4,5)6/h1H,(H,4,5,6). The molecule has 0 saturated carbocycles. The second-order valence-corrected chi connectivity index (χ2v) is 2.98. The van der Waals surface area contributed by atoms with E-state index in [0.717, 1.165) is 0 Å². The van der Waals surface area contributed by atoms with Gasteiger partial charge in [-0.3, -0.25) is 0 Å². The van der Waals surface area contributed by atoms with Gasteiger partial charge in [0, 0.05) is 0 Å². The van der Waals surface area contributed by atoms with E-state index in [0.29, 0.717) is 0 Å². The van der Waals surface area contributed by atoms with Gasteiger partial charge in [-0.05, 0) is 0 Å². The first kappa shape index (κ1) is 7.90. The zero-order valence-electron chi connectivity index (χ0n) is 3.41. The van der Waals surface area contributed by atoms with Crippen LogP contribution in [0.4, 0.5) is 8.78 Å². The molecule has 0 rings (SSSR count). The van der Waals surface area contributed by atoms with Gasteiger partial charge in [0.15, 0.2) is 0 Å². The average molecular weight is 195 g/mol. The molecule has 0 spiro atoms. The van der Waals surface area contributed by atoms with E-state index in [2.05, 4.69) is 3.82 Å². The Hall–Kier alpha value is -0.101. The fourth-order valence-electron chi connectivity index (χ4n) is 0.0919. The van der Waals surface area contributed by atoms with Crippen molar-refractivity contribution >= 4 is 13.4 Å². The topological polar surface area (TPSA) is 63.6 Å². The molecule has 1 N–H and O–H groups in total. The van der Waals surface area contributed by atoms with Gasteiger partial charge in [0.2, 0.25) is 0 Å². The van der Waals surface area contributed by atoms with E-state index in [1.165, 1.54) is 0 Å². The number of hydrogen-bond donors (Lipinski definition) is 1. The first-order valence-electron chi connectivity index (χ1n) is 1.35. The van der Waals surface area contributed by atoms with Crippen LogP contribution in [0.3, 0.4) is 0 Å². The molecule has 7 heteroatoms. The van der Waals surface area contributed by atoms with Crippen LogP contribution in [0.25, 0.3) is 0 Å². The maximum atomic E-state index is 10.8. The summed E-state index contributed by atoms with van der Waals surface area (Å²) in [5.41, 5.74) is 0. The Kier molecular flexibility index (Phi) is 2.42. The van der Waals surface area contributed by atoms with E-state index in [1.807, 2.05) is 0 Å². The van der Waals surface area contributed by atoms with Crippen LogP contribution in [0, 0.1) is 0 Å². The normalized spacial score (nSPS) is 12.5. The molecule has 0 fully saturated rings. The Morgan fingerprint density at radius 3 is 1.88 bits per heavy atom. The van der Waals surface area contributed by atoms with Crippen molar-refractivity contribution in [3.05, 3.63) is 0 Å². The molecule has 0 aliphatic heterocycles. The summed E-state index contributed by atoms with van der Waals surface area (Å²) in [5, 5.41) is 0. The third-order valence-corrected chi connectivity index (χ3v) is 1.01. The van der Waals surface area contributed by atoms with Crippen LogP contribution < -0.4 is 0 Å². The second-order valence-electron chi connectivity index (χ2n) is 0.785. The Morgan fingerprint density at radius 2 is 1.88 bits per heavy atom. The van der Waals surface area contributed by atoms with Crippen molar-refractivity contribution in [1.29, 1.82) is 0 Å². The van der Waals surface area contributed by atoms with Gasteiger partial charge in [0.05, 0.1) is 0 Å². The molecule has 0 aliphatic rings. The van der Waals surface area contributed by atoms with E-state index in [-0.39, 0.29) is 0 Å². The van der Waals surface area contributed by atoms with Gasteiger partial charge < -0.3 is 0 Å². The molecule has 8 heavy (non-hydrogen) atoms. The maximum absolute atomic E-state index is 10.8. The first-order valence-corrected chi connectivity index (χ1v) is 4.22. The van der Waals surface area contributed by atoms with E-state index in [9.17, 15) is 16.5 Å². The van der Waals surface area contributed by atoms with Crippen molar-refractivity contribution in [2.45, 2.75) is 6.61 Å². The summed E-state index contributed by atoms with van der Waals surface area (Å²) in [6, 6.07) is 0. The van der Waals surface area contributed by atoms with Gasteiger partial charge in [-0.2, -0.15) is 0 Å². The molecule has 0 radical (unpaired) electrons. The van der Waals surface area contributed by atoms with Crippen molar-refractivity contribution in [1.82, 2.24) is 0 Å². The zero-order chi connectivity index (χ0) is 6.78. The van der Waals surface area contributed by atoms with E-state index >= 15 is 0 Å². The summed E-state index contributed by atoms with van der Waals surface area (Å²) >= 11 is -5.63. The van der Waals surface area contributed by atoms with Crippen LogP contribution in [-0.4, -0.2) is 24.2 Å². The first-order chi connectivity index (χ1) is 3.42. The molecule has 50 valence electrons. The van der Waals surface area contributed by atoms with E-state index < -0.39 is 20.0 Å². The third-order valence-electron chi connectivity index (χ3n) is 0.194. The molecule has 0 bridgehead atoms. The SMILES string of the molecule is O=[Se](=O)(O)OC(F)F. The molecule has 4 nitrogen and oxygen atoms in total. The third kappa shape index (κ3) is 5.90. The van der Waals surface area contributed by atoms with Crippen LogP contribution in [0.15, 0.2) is 0 Å². The molecule has 0 aromatic rings. The predicted octanol–water partition coefficient (Wildman–Crippen LogP) is -0.486. The molecular formula is CH2F2O4Se. The summed E-state index contributed by atoms with van der Waals surface area (Å²) in [4.78, 5) is 0. The molecular weight excluding hydrogens is 193 g/mol. The Labute approximate surface area is 45.3 Å². The van der Waals surface area contributed by atoms with E-state index in [1.54, 1.807) is 0 Å². The van der Waals surface area contributed by atoms with Crippen LogP contribution in [0.2, 0.25) is 0 Å². The Morgan fingerprint density at radius 1 is 1.50 bits per heavy atom. The van der Waals surface area contributed by atoms with Gasteiger partial charge in [-0.15, -0.1) is 0 Å². The molecule has 0 aromatic heterocycles. The number of hydrogen-bond acceptors (Lipinski definition) is 3. The van der Waals surface area contributed by atoms with Crippen LogP contribution >= 0.6 is 0 Å². The molecule has 0 aromatic carbocycles. The Bertz CT molecular complexity index is 147. The summed E-state index contributed by atoms with van der Waals surface area (Å²) < 4.78 is 50.5. The summed E-state index contributed by atoms with van der Waals surface area (Å²) in [5.74, 6) is 0. The Balaban J connectivity index is 3.75. The predicted molar refractivity (Wildman–Crippen MR) is 16.4 cm³/mol. The van der Waals surface area contributed by atoms with Crippen molar-refractivity contribution in [2.24, 2.45) is 0 Å². The monoisotopic (exact) mass is 196 g/mol. The van der Waals surface area contributed by atoms with Crippen molar-refractivity contribution < 1.29 is 24.5 Å². The van der Waals surface area contributed by atoms with Gasteiger partial charge in [-0.25, -0.2) is 0 Å². The van der Waals surface area contributed by atoms with Crippen molar-refractivity contribution in [3.8, 4) is 0 Å². The summed E-state index contributed by atoms with van der Waals surface area (Å²) in [6.45, 7) is -3.46. The summed E-state index contributed by atoms with van der Waals surface area (Å²) in [6.07, 6.45) is 0. The van der Waals surface area contributed by atoms with E-state index in [4.69, 9.17) is 4.19 Å². The number of rotatable bonds is 2. The van der Waals surface area contributed by atoms with Crippen LogP contribution in [0.1, 0.15) is 0 Å².